The molecule has 1 amide bonds. The molecule has 0 aromatic heterocycles. The number of hydrogen-bond donors (Lipinski definition) is 1. The van der Waals surface area contributed by atoms with Crippen LogP contribution in [0.1, 0.15) is 31.1 Å². The predicted octanol–water partition coefficient (Wildman–Crippen LogP) is 1.94. The Morgan fingerprint density at radius 1 is 1.25 bits per heavy atom. The topological polar surface area (TPSA) is 59.0 Å². The molecule has 0 aliphatic heterocycles. The summed E-state index contributed by atoms with van der Waals surface area (Å²) in [7, 11) is 3.02. The van der Waals surface area contributed by atoms with E-state index in [0.29, 0.717) is 23.6 Å². The van der Waals surface area contributed by atoms with Gasteiger partial charge >= 0.3 is 0 Å². The van der Waals surface area contributed by atoms with Crippen molar-refractivity contribution in [2.45, 2.75) is 26.4 Å². The molecule has 5 nitrogen and oxygen atoms in total. The van der Waals surface area contributed by atoms with E-state index in [4.69, 9.17) is 9.47 Å². The number of aliphatic hydroxyl groups is 1. The molecule has 0 unspecified atom stereocenters. The minimum atomic E-state index is -0.957. The van der Waals surface area contributed by atoms with Gasteiger partial charge < -0.3 is 19.5 Å². The summed E-state index contributed by atoms with van der Waals surface area (Å²) >= 11 is 0. The zero-order chi connectivity index (χ0) is 15.3. The minimum Gasteiger partial charge on any atom is -0.496 e. The Morgan fingerprint density at radius 2 is 1.75 bits per heavy atom. The van der Waals surface area contributed by atoms with Crippen LogP contribution in [0.15, 0.2) is 18.2 Å². The Bertz CT molecular complexity index is 443. The molecule has 0 saturated heterocycles. The first kappa shape index (κ1) is 16.3. The SMILES string of the molecule is CCN(CC(C)(C)O)C(=O)c1c(OC)cccc1OC. The zero-order valence-corrected chi connectivity index (χ0v) is 12.8. The highest BCUT2D eigenvalue weighted by molar-refractivity contribution is 5.99. The van der Waals surface area contributed by atoms with Crippen LogP contribution in [-0.2, 0) is 0 Å². The molecule has 5 heteroatoms. The number of ether oxygens (including phenoxy) is 2. The fourth-order valence-corrected chi connectivity index (χ4v) is 2.01. The van der Waals surface area contributed by atoms with Gasteiger partial charge in [-0.15, -0.1) is 0 Å². The number of likely N-dealkylation sites (N-methyl/N-ethyl adjacent to an activating group) is 1. The molecule has 1 aromatic rings. The number of benzene rings is 1. The van der Waals surface area contributed by atoms with Gasteiger partial charge in [-0.25, -0.2) is 0 Å². The third-order valence-corrected chi connectivity index (χ3v) is 2.89. The van der Waals surface area contributed by atoms with Crippen molar-refractivity contribution in [1.82, 2.24) is 4.90 Å². The summed E-state index contributed by atoms with van der Waals surface area (Å²) in [5.74, 6) is 0.705. The van der Waals surface area contributed by atoms with Crippen LogP contribution >= 0.6 is 0 Å². The first-order valence-corrected chi connectivity index (χ1v) is 6.56. The molecule has 0 fully saturated rings. The van der Waals surface area contributed by atoms with Crippen molar-refractivity contribution in [2.75, 3.05) is 27.3 Å². The lowest BCUT2D eigenvalue weighted by molar-refractivity contribution is 0.0311. The number of rotatable bonds is 6. The Kier molecular flexibility index (Phi) is 5.39. The largest absolute Gasteiger partial charge is 0.496 e. The van der Waals surface area contributed by atoms with Crippen LogP contribution in [-0.4, -0.2) is 48.8 Å². The summed E-state index contributed by atoms with van der Waals surface area (Å²) in [6.45, 7) is 5.93. The van der Waals surface area contributed by atoms with Crippen LogP contribution in [0, 0.1) is 0 Å². The van der Waals surface area contributed by atoms with E-state index < -0.39 is 5.60 Å². The number of hydrogen-bond acceptors (Lipinski definition) is 4. The molecular weight excluding hydrogens is 258 g/mol. The van der Waals surface area contributed by atoms with Crippen LogP contribution in [0.4, 0.5) is 0 Å². The molecule has 112 valence electrons. The maximum Gasteiger partial charge on any atom is 0.261 e. The smallest absolute Gasteiger partial charge is 0.261 e. The monoisotopic (exact) mass is 281 g/mol. The average molecular weight is 281 g/mol. The lowest BCUT2D eigenvalue weighted by atomic mass is 10.1. The molecule has 0 heterocycles. The zero-order valence-electron chi connectivity index (χ0n) is 12.8. The van der Waals surface area contributed by atoms with Crippen LogP contribution < -0.4 is 9.47 Å². The number of nitrogens with zero attached hydrogens (tertiary/aromatic N) is 1. The third-order valence-electron chi connectivity index (χ3n) is 2.89. The van der Waals surface area contributed by atoms with Crippen molar-refractivity contribution in [2.24, 2.45) is 0 Å². The molecule has 0 bridgehead atoms. The molecule has 1 N–H and O–H groups in total. The van der Waals surface area contributed by atoms with E-state index in [1.807, 2.05) is 6.92 Å². The van der Waals surface area contributed by atoms with E-state index in [9.17, 15) is 9.90 Å². The van der Waals surface area contributed by atoms with Crippen molar-refractivity contribution in [3.8, 4) is 11.5 Å². The minimum absolute atomic E-state index is 0.219. The highest BCUT2D eigenvalue weighted by Gasteiger charge is 2.26. The van der Waals surface area contributed by atoms with Gasteiger partial charge in [0.25, 0.3) is 5.91 Å². The van der Waals surface area contributed by atoms with Gasteiger partial charge in [-0.1, -0.05) is 6.07 Å². The van der Waals surface area contributed by atoms with Gasteiger partial charge in [-0.3, -0.25) is 4.79 Å². The second-order valence-corrected chi connectivity index (χ2v) is 5.17. The Morgan fingerprint density at radius 3 is 2.10 bits per heavy atom. The Hall–Kier alpha value is -1.75. The fraction of sp³-hybridized carbons (Fsp3) is 0.533. The molecule has 20 heavy (non-hydrogen) atoms. The van der Waals surface area contributed by atoms with E-state index in [2.05, 4.69) is 0 Å². The summed E-state index contributed by atoms with van der Waals surface area (Å²) in [5.41, 5.74) is -0.579. The van der Waals surface area contributed by atoms with Crippen molar-refractivity contribution >= 4 is 5.91 Å². The highest BCUT2D eigenvalue weighted by atomic mass is 16.5. The quantitative estimate of drug-likeness (QED) is 0.865. The van der Waals surface area contributed by atoms with Crippen molar-refractivity contribution in [1.29, 1.82) is 0 Å². The van der Waals surface area contributed by atoms with E-state index in [1.165, 1.54) is 14.2 Å². The number of carbonyl (C=O) groups excluding carboxylic acids is 1. The number of carbonyl (C=O) groups is 1. The van der Waals surface area contributed by atoms with Crippen molar-refractivity contribution < 1.29 is 19.4 Å². The van der Waals surface area contributed by atoms with E-state index in [-0.39, 0.29) is 12.5 Å². The first-order chi connectivity index (χ1) is 9.34. The molecule has 0 atom stereocenters. The molecule has 0 saturated carbocycles. The maximum absolute atomic E-state index is 12.7. The van der Waals surface area contributed by atoms with Crippen LogP contribution in [0.5, 0.6) is 11.5 Å². The van der Waals surface area contributed by atoms with E-state index in [1.54, 1.807) is 36.9 Å². The van der Waals surface area contributed by atoms with Gasteiger partial charge in [0.2, 0.25) is 0 Å². The molecule has 0 radical (unpaired) electrons. The molecule has 0 aliphatic rings. The van der Waals surface area contributed by atoms with Gasteiger partial charge in [-0.2, -0.15) is 0 Å². The molecule has 1 rings (SSSR count). The van der Waals surface area contributed by atoms with E-state index in [0.717, 1.165) is 0 Å². The van der Waals surface area contributed by atoms with Crippen molar-refractivity contribution in [3.05, 3.63) is 23.8 Å². The van der Waals surface area contributed by atoms with Gasteiger partial charge in [0.05, 0.1) is 19.8 Å². The van der Waals surface area contributed by atoms with Crippen LogP contribution in [0.25, 0.3) is 0 Å². The summed E-state index contributed by atoms with van der Waals surface area (Å²) < 4.78 is 10.5. The number of amides is 1. The third kappa shape index (κ3) is 3.87. The Labute approximate surface area is 120 Å². The second kappa shape index (κ2) is 6.61. The number of methoxy groups -OCH3 is 2. The predicted molar refractivity (Wildman–Crippen MR) is 77.4 cm³/mol. The van der Waals surface area contributed by atoms with Gasteiger partial charge in [0.15, 0.2) is 0 Å². The van der Waals surface area contributed by atoms with E-state index >= 15 is 0 Å². The summed E-state index contributed by atoms with van der Waals surface area (Å²) in [6.07, 6.45) is 0. The van der Waals surface area contributed by atoms with Crippen LogP contribution in [0.2, 0.25) is 0 Å². The van der Waals surface area contributed by atoms with Gasteiger partial charge in [0.1, 0.15) is 17.1 Å². The second-order valence-electron chi connectivity index (χ2n) is 5.17. The standard InChI is InChI=1S/C15H23NO4/c1-6-16(10-15(2,3)18)14(17)13-11(19-4)8-7-9-12(13)20-5/h7-9,18H,6,10H2,1-5H3. The Balaban J connectivity index is 3.18. The average Bonchev–Trinajstić information content (AvgIpc) is 2.41. The van der Waals surface area contributed by atoms with Gasteiger partial charge in [-0.05, 0) is 32.9 Å². The van der Waals surface area contributed by atoms with Crippen molar-refractivity contribution in [3.63, 3.8) is 0 Å². The molecular formula is C15H23NO4. The van der Waals surface area contributed by atoms with Gasteiger partial charge in [0, 0.05) is 13.1 Å². The first-order valence-electron chi connectivity index (χ1n) is 6.56. The molecule has 0 spiro atoms. The highest BCUT2D eigenvalue weighted by Crippen LogP contribution is 2.29. The summed E-state index contributed by atoms with van der Waals surface area (Å²) in [6, 6.07) is 5.20. The lowest BCUT2D eigenvalue weighted by Crippen LogP contribution is -2.42. The maximum atomic E-state index is 12.7. The normalized spacial score (nSPS) is 11.1. The molecule has 0 aliphatic carbocycles. The fourth-order valence-electron chi connectivity index (χ4n) is 2.01. The summed E-state index contributed by atoms with van der Waals surface area (Å²) in [5, 5.41) is 9.91. The molecule has 1 aromatic carbocycles. The van der Waals surface area contributed by atoms with Crippen LogP contribution in [0.3, 0.4) is 0 Å². The summed E-state index contributed by atoms with van der Waals surface area (Å²) in [4.78, 5) is 14.2. The lowest BCUT2D eigenvalue weighted by Gasteiger charge is -2.29.